The SMILES string of the molecule is COc1ccc(-c2nnc(CSc3nnc(COc4ccccc4)o3)o2)cc1OC. The van der Waals surface area contributed by atoms with Gasteiger partial charge in [0.2, 0.25) is 11.8 Å². The van der Waals surface area contributed by atoms with E-state index >= 15 is 0 Å². The maximum absolute atomic E-state index is 5.72. The highest BCUT2D eigenvalue weighted by Gasteiger charge is 2.14. The van der Waals surface area contributed by atoms with Crippen molar-refractivity contribution in [3.05, 3.63) is 60.3 Å². The lowest BCUT2D eigenvalue weighted by Gasteiger charge is -2.07. The lowest BCUT2D eigenvalue weighted by atomic mass is 10.2. The van der Waals surface area contributed by atoms with Crippen LogP contribution in [0.2, 0.25) is 0 Å². The highest BCUT2D eigenvalue weighted by atomic mass is 32.2. The van der Waals surface area contributed by atoms with Crippen LogP contribution in [0.5, 0.6) is 17.2 Å². The van der Waals surface area contributed by atoms with Crippen molar-refractivity contribution in [2.75, 3.05) is 14.2 Å². The monoisotopic (exact) mass is 426 g/mol. The van der Waals surface area contributed by atoms with Gasteiger partial charge in [0, 0.05) is 5.56 Å². The Balaban J connectivity index is 1.34. The molecule has 9 nitrogen and oxygen atoms in total. The zero-order chi connectivity index (χ0) is 20.8. The largest absolute Gasteiger partial charge is 0.493 e. The summed E-state index contributed by atoms with van der Waals surface area (Å²) >= 11 is 1.30. The summed E-state index contributed by atoms with van der Waals surface area (Å²) in [6.07, 6.45) is 0. The third-order valence-corrected chi connectivity index (χ3v) is 4.77. The molecule has 0 N–H and O–H groups in total. The van der Waals surface area contributed by atoms with Crippen molar-refractivity contribution in [1.29, 1.82) is 0 Å². The fraction of sp³-hybridized carbons (Fsp3) is 0.200. The molecule has 0 spiro atoms. The zero-order valence-corrected chi connectivity index (χ0v) is 17.1. The van der Waals surface area contributed by atoms with E-state index in [4.69, 9.17) is 23.0 Å². The van der Waals surface area contributed by atoms with Gasteiger partial charge in [-0.05, 0) is 30.3 Å². The molecule has 0 unspecified atom stereocenters. The van der Waals surface area contributed by atoms with Gasteiger partial charge in [-0.25, -0.2) is 0 Å². The maximum atomic E-state index is 5.72. The number of hydrogen-bond donors (Lipinski definition) is 0. The molecule has 4 aromatic rings. The van der Waals surface area contributed by atoms with Gasteiger partial charge >= 0.3 is 0 Å². The minimum absolute atomic E-state index is 0.196. The molecule has 0 radical (unpaired) electrons. The Morgan fingerprint density at radius 1 is 0.833 bits per heavy atom. The Kier molecular flexibility index (Phi) is 6.14. The number of methoxy groups -OCH3 is 2. The molecule has 0 atom stereocenters. The van der Waals surface area contributed by atoms with Crippen molar-refractivity contribution in [1.82, 2.24) is 20.4 Å². The summed E-state index contributed by atoms with van der Waals surface area (Å²) in [5.74, 6) is 3.54. The van der Waals surface area contributed by atoms with E-state index in [2.05, 4.69) is 20.4 Å². The van der Waals surface area contributed by atoms with Gasteiger partial charge in [-0.15, -0.1) is 20.4 Å². The molecule has 0 saturated carbocycles. The van der Waals surface area contributed by atoms with E-state index in [0.717, 1.165) is 11.3 Å². The molecule has 2 aromatic carbocycles. The van der Waals surface area contributed by atoms with Gasteiger partial charge < -0.3 is 23.0 Å². The van der Waals surface area contributed by atoms with Gasteiger partial charge in [0.15, 0.2) is 18.1 Å². The average Bonchev–Trinajstić information content (AvgIpc) is 3.46. The lowest BCUT2D eigenvalue weighted by molar-refractivity contribution is 0.252. The van der Waals surface area contributed by atoms with E-state index in [1.807, 2.05) is 36.4 Å². The van der Waals surface area contributed by atoms with Crippen molar-refractivity contribution in [2.45, 2.75) is 17.6 Å². The number of para-hydroxylation sites is 1. The van der Waals surface area contributed by atoms with E-state index in [-0.39, 0.29) is 6.61 Å². The number of benzene rings is 2. The summed E-state index contributed by atoms with van der Waals surface area (Å²) in [5.41, 5.74) is 0.731. The topological polar surface area (TPSA) is 106 Å². The Morgan fingerprint density at radius 3 is 2.43 bits per heavy atom. The van der Waals surface area contributed by atoms with Crippen molar-refractivity contribution < 1.29 is 23.0 Å². The second-order valence-corrected chi connectivity index (χ2v) is 6.85. The molecule has 0 saturated heterocycles. The van der Waals surface area contributed by atoms with Crippen LogP contribution in [0.3, 0.4) is 0 Å². The third kappa shape index (κ3) is 4.71. The molecule has 4 rings (SSSR count). The van der Waals surface area contributed by atoms with E-state index in [9.17, 15) is 0 Å². The van der Waals surface area contributed by atoms with Crippen LogP contribution in [0, 0.1) is 0 Å². The highest BCUT2D eigenvalue weighted by molar-refractivity contribution is 7.98. The Morgan fingerprint density at radius 2 is 1.63 bits per heavy atom. The van der Waals surface area contributed by atoms with Crippen LogP contribution in [0.1, 0.15) is 11.8 Å². The van der Waals surface area contributed by atoms with Crippen LogP contribution in [0.15, 0.2) is 62.6 Å². The molecule has 0 amide bonds. The summed E-state index contributed by atoms with van der Waals surface area (Å²) in [5, 5.41) is 16.5. The van der Waals surface area contributed by atoms with Crippen LogP contribution < -0.4 is 14.2 Å². The number of thioether (sulfide) groups is 1. The van der Waals surface area contributed by atoms with Crippen molar-refractivity contribution in [3.63, 3.8) is 0 Å². The molecule has 2 aromatic heterocycles. The molecule has 0 bridgehead atoms. The first-order valence-electron chi connectivity index (χ1n) is 8.93. The standard InChI is InChI=1S/C20H18N4O5S/c1-25-15-9-8-13(10-16(15)26-2)19-23-22-18(28-19)12-30-20-24-21-17(29-20)11-27-14-6-4-3-5-7-14/h3-10H,11-12H2,1-2H3. The molecule has 154 valence electrons. The van der Waals surface area contributed by atoms with E-state index in [0.29, 0.717) is 40.1 Å². The quantitative estimate of drug-likeness (QED) is 0.364. The number of nitrogens with zero attached hydrogens (tertiary/aromatic N) is 4. The fourth-order valence-corrected chi connectivity index (χ4v) is 3.16. The predicted octanol–water partition coefficient (Wildman–Crippen LogP) is 4.01. The molecule has 2 heterocycles. The highest BCUT2D eigenvalue weighted by Crippen LogP contribution is 2.32. The van der Waals surface area contributed by atoms with Crippen molar-refractivity contribution in [3.8, 4) is 28.7 Å². The minimum Gasteiger partial charge on any atom is -0.493 e. The van der Waals surface area contributed by atoms with Crippen molar-refractivity contribution >= 4 is 11.8 Å². The Bertz CT molecular complexity index is 1100. The van der Waals surface area contributed by atoms with Gasteiger partial charge in [-0.1, -0.05) is 30.0 Å². The summed E-state index contributed by atoms with van der Waals surface area (Å²) in [6, 6.07) is 14.8. The lowest BCUT2D eigenvalue weighted by Crippen LogP contribution is -1.95. The zero-order valence-electron chi connectivity index (χ0n) is 16.3. The third-order valence-electron chi connectivity index (χ3n) is 3.97. The maximum Gasteiger partial charge on any atom is 0.277 e. The van der Waals surface area contributed by atoms with E-state index < -0.39 is 0 Å². The molecule has 0 aliphatic carbocycles. The van der Waals surface area contributed by atoms with Gasteiger partial charge in [0.1, 0.15) is 5.75 Å². The van der Waals surface area contributed by atoms with Crippen molar-refractivity contribution in [2.24, 2.45) is 0 Å². The van der Waals surface area contributed by atoms with Crippen LogP contribution in [-0.2, 0) is 12.4 Å². The van der Waals surface area contributed by atoms with Crippen LogP contribution >= 0.6 is 11.8 Å². The van der Waals surface area contributed by atoms with E-state index in [1.54, 1.807) is 26.4 Å². The summed E-state index contributed by atoms with van der Waals surface area (Å²) in [7, 11) is 3.15. The molecule has 10 heteroatoms. The fourth-order valence-electron chi connectivity index (χ4n) is 2.54. The van der Waals surface area contributed by atoms with Gasteiger partial charge in [0.05, 0.1) is 20.0 Å². The van der Waals surface area contributed by atoms with Gasteiger partial charge in [-0.2, -0.15) is 0 Å². The number of hydrogen-bond acceptors (Lipinski definition) is 10. The smallest absolute Gasteiger partial charge is 0.277 e. The second kappa shape index (κ2) is 9.31. The van der Waals surface area contributed by atoms with Crippen LogP contribution in [0.25, 0.3) is 11.5 Å². The summed E-state index contributed by atoms with van der Waals surface area (Å²) in [6.45, 7) is 0.196. The first-order chi connectivity index (χ1) is 14.7. The summed E-state index contributed by atoms with van der Waals surface area (Å²) in [4.78, 5) is 0. The second-order valence-electron chi connectivity index (χ2n) is 5.92. The number of aromatic nitrogens is 4. The molecular formula is C20H18N4O5S. The summed E-state index contributed by atoms with van der Waals surface area (Å²) < 4.78 is 27.4. The molecular weight excluding hydrogens is 408 g/mol. The Hall–Kier alpha value is -3.53. The molecule has 0 fully saturated rings. The average molecular weight is 426 g/mol. The van der Waals surface area contributed by atoms with Crippen LogP contribution in [0.4, 0.5) is 0 Å². The van der Waals surface area contributed by atoms with E-state index in [1.165, 1.54) is 11.8 Å². The van der Waals surface area contributed by atoms with Gasteiger partial charge in [0.25, 0.3) is 11.1 Å². The normalized spacial score (nSPS) is 10.7. The van der Waals surface area contributed by atoms with Gasteiger partial charge in [-0.3, -0.25) is 0 Å². The number of ether oxygens (including phenoxy) is 3. The first-order valence-corrected chi connectivity index (χ1v) is 9.91. The first kappa shape index (κ1) is 19.8. The minimum atomic E-state index is 0.196. The molecule has 30 heavy (non-hydrogen) atoms. The molecule has 0 aliphatic rings. The molecule has 0 aliphatic heterocycles. The predicted molar refractivity (Wildman–Crippen MR) is 107 cm³/mol. The number of rotatable bonds is 9. The Labute approximate surface area is 176 Å². The van der Waals surface area contributed by atoms with Crippen LogP contribution in [-0.4, -0.2) is 34.6 Å².